The van der Waals surface area contributed by atoms with Gasteiger partial charge >= 0.3 is 12.0 Å². The fourth-order valence-corrected chi connectivity index (χ4v) is 3.37. The number of aliphatic carboxylic acids is 1. The summed E-state index contributed by atoms with van der Waals surface area (Å²) in [6.45, 7) is 1.35. The van der Waals surface area contributed by atoms with Crippen LogP contribution < -0.4 is 5.32 Å². The van der Waals surface area contributed by atoms with Crippen LogP contribution in [0.4, 0.5) is 4.79 Å². The molecule has 1 heterocycles. The standard InChI is InChI=1S/C9H16N2O5S/c1-6(8(12)13)10-9(14)11(2)7-3-4-17(15,16)5-7/h6-7H,3-5H2,1-2H3,(H,10,14)(H,12,13). The minimum atomic E-state index is -3.06. The van der Waals surface area contributed by atoms with Crippen molar-refractivity contribution >= 4 is 21.8 Å². The summed E-state index contributed by atoms with van der Waals surface area (Å²) in [7, 11) is -1.59. The molecular formula is C9H16N2O5S. The van der Waals surface area contributed by atoms with Crippen molar-refractivity contribution in [3.63, 3.8) is 0 Å². The zero-order chi connectivity index (χ0) is 13.2. The molecule has 0 aromatic carbocycles. The van der Waals surface area contributed by atoms with Crippen LogP contribution in [0.25, 0.3) is 0 Å². The Hall–Kier alpha value is -1.31. The van der Waals surface area contributed by atoms with Crippen LogP contribution in [-0.4, -0.2) is 61.1 Å². The molecule has 0 aromatic rings. The molecule has 1 saturated heterocycles. The zero-order valence-electron chi connectivity index (χ0n) is 9.71. The summed E-state index contributed by atoms with van der Waals surface area (Å²) in [4.78, 5) is 23.4. The molecule has 2 N–H and O–H groups in total. The highest BCUT2D eigenvalue weighted by molar-refractivity contribution is 7.91. The van der Waals surface area contributed by atoms with E-state index in [-0.39, 0.29) is 17.5 Å². The highest BCUT2D eigenvalue weighted by atomic mass is 32.2. The highest BCUT2D eigenvalue weighted by Crippen LogP contribution is 2.16. The second-order valence-electron chi connectivity index (χ2n) is 4.18. The molecule has 0 bridgehead atoms. The molecule has 0 radical (unpaired) electrons. The van der Waals surface area contributed by atoms with Crippen LogP contribution in [0.1, 0.15) is 13.3 Å². The number of rotatable bonds is 3. The molecule has 0 saturated carbocycles. The average molecular weight is 264 g/mol. The summed E-state index contributed by atoms with van der Waals surface area (Å²) < 4.78 is 22.5. The lowest BCUT2D eigenvalue weighted by Gasteiger charge is -2.24. The van der Waals surface area contributed by atoms with E-state index in [9.17, 15) is 18.0 Å². The lowest BCUT2D eigenvalue weighted by Crippen LogP contribution is -2.49. The van der Waals surface area contributed by atoms with Crippen LogP contribution in [0.3, 0.4) is 0 Å². The number of hydrogen-bond acceptors (Lipinski definition) is 4. The summed E-state index contributed by atoms with van der Waals surface area (Å²) >= 11 is 0. The van der Waals surface area contributed by atoms with Gasteiger partial charge in [0.15, 0.2) is 9.84 Å². The average Bonchev–Trinajstić information content (AvgIpc) is 2.57. The second kappa shape index (κ2) is 4.91. The molecule has 98 valence electrons. The third-order valence-corrected chi connectivity index (χ3v) is 4.54. The molecule has 2 unspecified atom stereocenters. The lowest BCUT2D eigenvalue weighted by atomic mass is 10.2. The maximum Gasteiger partial charge on any atom is 0.325 e. The number of carbonyl (C=O) groups excluding carboxylic acids is 1. The van der Waals surface area contributed by atoms with Crippen LogP contribution in [0, 0.1) is 0 Å². The van der Waals surface area contributed by atoms with Crippen LogP contribution in [0.2, 0.25) is 0 Å². The molecule has 2 atom stereocenters. The molecular weight excluding hydrogens is 248 g/mol. The molecule has 7 nitrogen and oxygen atoms in total. The Morgan fingerprint density at radius 2 is 2.06 bits per heavy atom. The van der Waals surface area contributed by atoms with Gasteiger partial charge in [0.2, 0.25) is 0 Å². The van der Waals surface area contributed by atoms with Gasteiger partial charge in [-0.05, 0) is 13.3 Å². The van der Waals surface area contributed by atoms with Crippen molar-refractivity contribution in [2.75, 3.05) is 18.6 Å². The van der Waals surface area contributed by atoms with Gasteiger partial charge in [0.1, 0.15) is 6.04 Å². The van der Waals surface area contributed by atoms with E-state index in [1.807, 2.05) is 0 Å². The SMILES string of the molecule is CC(NC(=O)N(C)C1CCS(=O)(=O)C1)C(=O)O. The Labute approximate surface area is 99.7 Å². The quantitative estimate of drug-likeness (QED) is 0.700. The van der Waals surface area contributed by atoms with Crippen molar-refractivity contribution in [2.24, 2.45) is 0 Å². The number of nitrogens with one attached hydrogen (secondary N) is 1. The first-order valence-corrected chi connectivity index (χ1v) is 7.01. The number of carboxylic acids is 1. The van der Waals surface area contributed by atoms with E-state index in [0.717, 1.165) is 0 Å². The second-order valence-corrected chi connectivity index (χ2v) is 6.41. The van der Waals surface area contributed by atoms with E-state index in [2.05, 4.69) is 5.32 Å². The van der Waals surface area contributed by atoms with E-state index in [4.69, 9.17) is 5.11 Å². The van der Waals surface area contributed by atoms with Gasteiger partial charge in [0, 0.05) is 13.1 Å². The number of hydrogen-bond donors (Lipinski definition) is 2. The third kappa shape index (κ3) is 3.58. The Morgan fingerprint density at radius 3 is 2.47 bits per heavy atom. The van der Waals surface area contributed by atoms with Crippen LogP contribution in [-0.2, 0) is 14.6 Å². The highest BCUT2D eigenvalue weighted by Gasteiger charge is 2.33. The first-order chi connectivity index (χ1) is 7.73. The van der Waals surface area contributed by atoms with Gasteiger partial charge in [-0.15, -0.1) is 0 Å². The number of sulfone groups is 1. The van der Waals surface area contributed by atoms with Crippen molar-refractivity contribution < 1.29 is 23.1 Å². The zero-order valence-corrected chi connectivity index (χ0v) is 10.5. The van der Waals surface area contributed by atoms with Crippen LogP contribution in [0.15, 0.2) is 0 Å². The van der Waals surface area contributed by atoms with Gasteiger partial charge in [-0.2, -0.15) is 0 Å². The Kier molecular flexibility index (Phi) is 3.97. The summed E-state index contributed by atoms with van der Waals surface area (Å²) in [5, 5.41) is 10.9. The molecule has 1 rings (SSSR count). The van der Waals surface area contributed by atoms with Gasteiger partial charge in [-0.25, -0.2) is 13.2 Å². The smallest absolute Gasteiger partial charge is 0.325 e. The normalized spacial score (nSPS) is 24.0. The molecule has 1 aliphatic rings. The summed E-state index contributed by atoms with van der Waals surface area (Å²) in [6, 6.07) is -1.94. The molecule has 0 spiro atoms. The molecule has 1 fully saturated rings. The van der Waals surface area contributed by atoms with Crippen LogP contribution >= 0.6 is 0 Å². The number of amides is 2. The molecule has 8 heteroatoms. The topological polar surface area (TPSA) is 104 Å². The molecule has 2 amide bonds. The van der Waals surface area contributed by atoms with Crippen molar-refractivity contribution in [3.8, 4) is 0 Å². The predicted octanol–water partition coefficient (Wildman–Crippen LogP) is -0.712. The van der Waals surface area contributed by atoms with E-state index < -0.39 is 27.9 Å². The first-order valence-electron chi connectivity index (χ1n) is 5.19. The monoisotopic (exact) mass is 264 g/mol. The molecule has 0 aliphatic carbocycles. The third-order valence-electron chi connectivity index (χ3n) is 2.79. The molecule has 17 heavy (non-hydrogen) atoms. The van der Waals surface area contributed by atoms with Gasteiger partial charge < -0.3 is 15.3 Å². The first kappa shape index (κ1) is 13.8. The van der Waals surface area contributed by atoms with Crippen molar-refractivity contribution in [1.29, 1.82) is 0 Å². The minimum absolute atomic E-state index is 0.0572. The van der Waals surface area contributed by atoms with Crippen LogP contribution in [0.5, 0.6) is 0 Å². The van der Waals surface area contributed by atoms with Crippen molar-refractivity contribution in [3.05, 3.63) is 0 Å². The Balaban J connectivity index is 2.56. The number of urea groups is 1. The van der Waals surface area contributed by atoms with Gasteiger partial charge in [0.05, 0.1) is 11.5 Å². The number of carbonyl (C=O) groups is 2. The maximum atomic E-state index is 11.6. The summed E-state index contributed by atoms with van der Waals surface area (Å²) in [5.41, 5.74) is 0. The maximum absolute atomic E-state index is 11.6. The van der Waals surface area contributed by atoms with Gasteiger partial charge in [-0.3, -0.25) is 4.79 Å². The number of carboxylic acid groups (broad SMARTS) is 1. The predicted molar refractivity (Wildman–Crippen MR) is 60.5 cm³/mol. The fraction of sp³-hybridized carbons (Fsp3) is 0.778. The Bertz CT molecular complexity index is 419. The van der Waals surface area contributed by atoms with Crippen molar-refractivity contribution in [1.82, 2.24) is 10.2 Å². The largest absolute Gasteiger partial charge is 0.480 e. The van der Waals surface area contributed by atoms with Gasteiger partial charge in [-0.1, -0.05) is 0 Å². The fourth-order valence-electron chi connectivity index (χ4n) is 1.60. The molecule has 0 aromatic heterocycles. The molecule has 1 aliphatic heterocycles. The number of nitrogens with zero attached hydrogens (tertiary/aromatic N) is 1. The lowest BCUT2D eigenvalue weighted by molar-refractivity contribution is -0.138. The summed E-state index contributed by atoms with van der Waals surface area (Å²) in [5.74, 6) is -1.12. The van der Waals surface area contributed by atoms with Gasteiger partial charge in [0.25, 0.3) is 0 Å². The Morgan fingerprint density at radius 1 is 1.47 bits per heavy atom. The van der Waals surface area contributed by atoms with E-state index in [0.29, 0.717) is 6.42 Å². The summed E-state index contributed by atoms with van der Waals surface area (Å²) in [6.07, 6.45) is 0.397. The van der Waals surface area contributed by atoms with Crippen molar-refractivity contribution in [2.45, 2.75) is 25.4 Å². The minimum Gasteiger partial charge on any atom is -0.480 e. The van der Waals surface area contributed by atoms with E-state index in [1.54, 1.807) is 0 Å². The van der Waals surface area contributed by atoms with E-state index in [1.165, 1.54) is 18.9 Å². The van der Waals surface area contributed by atoms with E-state index >= 15 is 0 Å².